The average molecular weight is 178 g/mol. The van der Waals surface area contributed by atoms with E-state index in [9.17, 15) is 13.2 Å². The first-order chi connectivity index (χ1) is 5.39. The molecule has 68 valence electrons. The second-order valence-corrected chi connectivity index (χ2v) is 3.15. The molecular weight excluding hydrogens is 169 g/mol. The van der Waals surface area contributed by atoms with E-state index < -0.39 is 11.7 Å². The molecule has 0 aromatic rings. The predicted molar refractivity (Wildman–Crippen MR) is 36.2 cm³/mol. The molecule has 1 rings (SSSR count). The summed E-state index contributed by atoms with van der Waals surface area (Å²) in [6.45, 7) is 0.866. The number of nitriles is 1. The molecule has 5 heteroatoms. The van der Waals surface area contributed by atoms with Crippen molar-refractivity contribution in [2.45, 2.75) is 37.5 Å². The molecule has 0 bridgehead atoms. The van der Waals surface area contributed by atoms with Gasteiger partial charge in [0.25, 0.3) is 0 Å². The highest BCUT2D eigenvalue weighted by Gasteiger charge is 2.53. The van der Waals surface area contributed by atoms with Crippen molar-refractivity contribution >= 4 is 0 Å². The zero-order valence-electron chi connectivity index (χ0n) is 6.57. The number of nitrogens with one attached hydrogen (secondary N) is 1. The molecule has 0 aliphatic heterocycles. The lowest BCUT2D eigenvalue weighted by Gasteiger charge is -2.25. The molecule has 1 fully saturated rings. The van der Waals surface area contributed by atoms with Crippen LogP contribution in [0.5, 0.6) is 0 Å². The SMILES string of the molecule is CC(C#N)(NC1CC1)C(F)(F)F. The number of halogens is 3. The maximum Gasteiger partial charge on any atom is 0.419 e. The van der Waals surface area contributed by atoms with E-state index in [-0.39, 0.29) is 6.04 Å². The van der Waals surface area contributed by atoms with Gasteiger partial charge in [0.2, 0.25) is 0 Å². The number of hydrogen-bond acceptors (Lipinski definition) is 2. The van der Waals surface area contributed by atoms with Crippen molar-refractivity contribution in [3.05, 3.63) is 0 Å². The highest BCUT2D eigenvalue weighted by atomic mass is 19.4. The Kier molecular flexibility index (Phi) is 2.04. The van der Waals surface area contributed by atoms with E-state index in [0.717, 1.165) is 19.8 Å². The van der Waals surface area contributed by atoms with E-state index in [1.165, 1.54) is 6.07 Å². The van der Waals surface area contributed by atoms with Gasteiger partial charge in [0.15, 0.2) is 5.54 Å². The minimum atomic E-state index is -4.50. The van der Waals surface area contributed by atoms with Gasteiger partial charge in [-0.1, -0.05) is 0 Å². The van der Waals surface area contributed by atoms with Crippen LogP contribution in [0, 0.1) is 11.3 Å². The summed E-state index contributed by atoms with van der Waals surface area (Å²) in [6, 6.07) is 1.13. The fraction of sp³-hybridized carbons (Fsp3) is 0.857. The van der Waals surface area contributed by atoms with Crippen LogP contribution in [0.15, 0.2) is 0 Å². The number of nitrogens with zero attached hydrogens (tertiary/aromatic N) is 1. The predicted octanol–water partition coefficient (Wildman–Crippen LogP) is 1.58. The van der Waals surface area contributed by atoms with Gasteiger partial charge in [-0.3, -0.25) is 5.32 Å². The molecule has 0 amide bonds. The monoisotopic (exact) mass is 178 g/mol. The Labute approximate surface area is 68.4 Å². The molecule has 0 heterocycles. The van der Waals surface area contributed by atoms with Crippen molar-refractivity contribution < 1.29 is 13.2 Å². The van der Waals surface area contributed by atoms with E-state index in [1.54, 1.807) is 0 Å². The first kappa shape index (κ1) is 9.33. The van der Waals surface area contributed by atoms with Crippen LogP contribution >= 0.6 is 0 Å². The van der Waals surface area contributed by atoms with Gasteiger partial charge in [-0.15, -0.1) is 0 Å². The summed E-state index contributed by atoms with van der Waals surface area (Å²) in [4.78, 5) is 0. The summed E-state index contributed by atoms with van der Waals surface area (Å²) in [7, 11) is 0. The summed E-state index contributed by atoms with van der Waals surface area (Å²) in [5.74, 6) is 0. The molecule has 1 saturated carbocycles. The molecule has 1 aliphatic rings. The molecule has 1 unspecified atom stereocenters. The quantitative estimate of drug-likeness (QED) is 0.696. The van der Waals surface area contributed by atoms with Crippen LogP contribution < -0.4 is 5.32 Å². The second-order valence-electron chi connectivity index (χ2n) is 3.15. The number of alkyl halides is 3. The third-order valence-corrected chi connectivity index (χ3v) is 1.86. The highest BCUT2D eigenvalue weighted by Crippen LogP contribution is 2.33. The maximum atomic E-state index is 12.2. The standard InChI is InChI=1S/C7H9F3N2/c1-6(4-11,7(8,9)10)12-5-2-3-5/h5,12H,2-3H2,1H3. The molecule has 0 radical (unpaired) electrons. The van der Waals surface area contributed by atoms with Crippen molar-refractivity contribution in [2.75, 3.05) is 0 Å². The molecule has 1 aliphatic carbocycles. The zero-order valence-corrected chi connectivity index (χ0v) is 6.57. The average Bonchev–Trinajstić information content (AvgIpc) is 2.69. The van der Waals surface area contributed by atoms with Crippen LogP contribution in [-0.4, -0.2) is 17.8 Å². The molecule has 0 saturated heterocycles. The van der Waals surface area contributed by atoms with E-state index in [0.29, 0.717) is 0 Å². The van der Waals surface area contributed by atoms with Gasteiger partial charge in [-0.25, -0.2) is 0 Å². The summed E-state index contributed by atoms with van der Waals surface area (Å²) in [5, 5.41) is 10.6. The summed E-state index contributed by atoms with van der Waals surface area (Å²) in [5.41, 5.74) is -2.38. The molecular formula is C7H9F3N2. The molecule has 0 aromatic carbocycles. The summed E-state index contributed by atoms with van der Waals surface area (Å²) in [6.07, 6.45) is -3.04. The molecule has 1 atom stereocenters. The Bertz CT molecular complexity index is 214. The smallest absolute Gasteiger partial charge is 0.289 e. The first-order valence-electron chi connectivity index (χ1n) is 3.65. The Morgan fingerprint density at radius 3 is 2.17 bits per heavy atom. The molecule has 0 aromatic heterocycles. The van der Waals surface area contributed by atoms with E-state index in [1.807, 2.05) is 0 Å². The molecule has 0 spiro atoms. The molecule has 1 N–H and O–H groups in total. The van der Waals surface area contributed by atoms with Gasteiger partial charge in [-0.05, 0) is 19.8 Å². The third-order valence-electron chi connectivity index (χ3n) is 1.86. The van der Waals surface area contributed by atoms with Gasteiger partial charge < -0.3 is 0 Å². The van der Waals surface area contributed by atoms with E-state index >= 15 is 0 Å². The van der Waals surface area contributed by atoms with Gasteiger partial charge in [0.05, 0.1) is 6.07 Å². The lowest BCUT2D eigenvalue weighted by Crippen LogP contribution is -2.54. The minimum absolute atomic E-state index is 0.128. The van der Waals surface area contributed by atoms with E-state index in [2.05, 4.69) is 5.32 Å². The van der Waals surface area contributed by atoms with Crippen LogP contribution in [0.3, 0.4) is 0 Å². The van der Waals surface area contributed by atoms with Crippen LogP contribution in [-0.2, 0) is 0 Å². The topological polar surface area (TPSA) is 35.8 Å². The van der Waals surface area contributed by atoms with E-state index in [4.69, 9.17) is 5.26 Å². The Morgan fingerprint density at radius 1 is 1.42 bits per heavy atom. The van der Waals surface area contributed by atoms with Crippen molar-refractivity contribution in [1.82, 2.24) is 5.32 Å². The fourth-order valence-corrected chi connectivity index (χ4v) is 0.813. The lowest BCUT2D eigenvalue weighted by atomic mass is 10.0. The molecule has 12 heavy (non-hydrogen) atoms. The summed E-state index contributed by atoms with van der Waals surface area (Å²) < 4.78 is 36.6. The molecule has 2 nitrogen and oxygen atoms in total. The maximum absolute atomic E-state index is 12.2. The fourth-order valence-electron chi connectivity index (χ4n) is 0.813. The van der Waals surface area contributed by atoms with Crippen LogP contribution in [0.4, 0.5) is 13.2 Å². The third kappa shape index (κ3) is 1.69. The minimum Gasteiger partial charge on any atom is -0.289 e. The Morgan fingerprint density at radius 2 is 1.92 bits per heavy atom. The van der Waals surface area contributed by atoms with Crippen molar-refractivity contribution in [3.63, 3.8) is 0 Å². The normalized spacial score (nSPS) is 22.9. The first-order valence-corrected chi connectivity index (χ1v) is 3.65. The van der Waals surface area contributed by atoms with Crippen molar-refractivity contribution in [1.29, 1.82) is 5.26 Å². The summed E-state index contributed by atoms with van der Waals surface area (Å²) >= 11 is 0. The van der Waals surface area contributed by atoms with Gasteiger partial charge in [-0.2, -0.15) is 18.4 Å². The Hall–Kier alpha value is -0.760. The van der Waals surface area contributed by atoms with Crippen LogP contribution in [0.25, 0.3) is 0 Å². The van der Waals surface area contributed by atoms with Gasteiger partial charge >= 0.3 is 6.18 Å². The second kappa shape index (κ2) is 2.63. The van der Waals surface area contributed by atoms with Crippen molar-refractivity contribution in [3.8, 4) is 6.07 Å². The largest absolute Gasteiger partial charge is 0.419 e. The van der Waals surface area contributed by atoms with Crippen LogP contribution in [0.1, 0.15) is 19.8 Å². The number of hydrogen-bond donors (Lipinski definition) is 1. The zero-order chi connectivity index (χ0) is 9.41. The van der Waals surface area contributed by atoms with Gasteiger partial charge in [0.1, 0.15) is 0 Å². The lowest BCUT2D eigenvalue weighted by molar-refractivity contribution is -0.174. The Balaban J connectivity index is 2.67. The van der Waals surface area contributed by atoms with Crippen molar-refractivity contribution in [2.24, 2.45) is 0 Å². The van der Waals surface area contributed by atoms with Crippen LogP contribution in [0.2, 0.25) is 0 Å². The number of rotatable bonds is 2. The van der Waals surface area contributed by atoms with Gasteiger partial charge in [0, 0.05) is 6.04 Å². The highest BCUT2D eigenvalue weighted by molar-refractivity contribution is 5.11.